The number of methoxy groups -OCH3 is 1. The average Bonchev–Trinajstić information content (AvgIpc) is 2.78. The Hall–Kier alpha value is -2.61. The molecule has 0 aliphatic heterocycles. The summed E-state index contributed by atoms with van der Waals surface area (Å²) in [6.45, 7) is 5.11. The highest BCUT2D eigenvalue weighted by molar-refractivity contribution is 7.87. The smallest absolute Gasteiger partial charge is 0.339 e. The van der Waals surface area contributed by atoms with E-state index in [1.807, 2.05) is 4.90 Å². The fraction of sp³-hybridized carbons (Fsp3) is 0.480. The maximum absolute atomic E-state index is 13.2. The lowest BCUT2D eigenvalue weighted by Crippen LogP contribution is -2.38. The largest absolute Gasteiger partial charge is 0.493 e. The number of nitrogens with zero attached hydrogens (tertiary/aromatic N) is 1. The molecule has 0 N–H and O–H groups in total. The topological polar surface area (TPSA) is 72.9 Å². The highest BCUT2D eigenvalue weighted by Gasteiger charge is 2.27. The van der Waals surface area contributed by atoms with E-state index in [-0.39, 0.29) is 28.2 Å². The zero-order valence-corrected chi connectivity index (χ0v) is 20.2. The number of benzene rings is 2. The first kappa shape index (κ1) is 25.0. The first-order chi connectivity index (χ1) is 15.7. The van der Waals surface area contributed by atoms with Gasteiger partial charge in [0.05, 0.1) is 7.11 Å². The lowest BCUT2D eigenvalue weighted by molar-refractivity contribution is -0.137. The summed E-state index contributed by atoms with van der Waals surface area (Å²) in [4.78, 5) is 14.9. The Morgan fingerprint density at radius 2 is 1.73 bits per heavy atom. The van der Waals surface area contributed by atoms with E-state index in [1.54, 1.807) is 18.2 Å². The van der Waals surface area contributed by atoms with Crippen LogP contribution in [0.25, 0.3) is 0 Å². The summed E-state index contributed by atoms with van der Waals surface area (Å²) in [7, 11) is -2.77. The Morgan fingerprint density at radius 1 is 1.06 bits per heavy atom. The lowest BCUT2D eigenvalue weighted by Gasteiger charge is -2.31. The molecular weight excluding hydrogens is 445 g/mol. The van der Waals surface area contributed by atoms with Gasteiger partial charge in [0.15, 0.2) is 11.5 Å². The molecule has 8 heteroatoms. The molecule has 0 aromatic heterocycles. The standard InChI is InChI=1S/C25H32FNO5S/c1-18(2)16-27(25(28)20-7-5-4-6-8-20)17-19-9-14-23(31-3)24(15-19)32-33(29,30)22-12-10-21(26)11-13-22/h9-15,18,20H,4-8,16-17H2,1-3H3. The summed E-state index contributed by atoms with van der Waals surface area (Å²) in [5, 5.41) is 0. The number of carbonyl (C=O) groups is 1. The first-order valence-corrected chi connectivity index (χ1v) is 12.8. The van der Waals surface area contributed by atoms with Gasteiger partial charge in [0.1, 0.15) is 10.7 Å². The molecule has 2 aromatic carbocycles. The van der Waals surface area contributed by atoms with Gasteiger partial charge in [0.25, 0.3) is 0 Å². The molecule has 33 heavy (non-hydrogen) atoms. The van der Waals surface area contributed by atoms with Crippen LogP contribution in [0.15, 0.2) is 47.4 Å². The molecule has 3 rings (SSSR count). The molecule has 0 unspecified atom stereocenters. The molecule has 0 saturated heterocycles. The molecule has 0 atom stereocenters. The summed E-state index contributed by atoms with van der Waals surface area (Å²) in [5.74, 6) is 0.227. The second-order valence-corrected chi connectivity index (χ2v) is 10.5. The Balaban J connectivity index is 1.84. The minimum atomic E-state index is -4.19. The van der Waals surface area contributed by atoms with Crippen LogP contribution in [0.4, 0.5) is 4.39 Å². The Morgan fingerprint density at radius 3 is 2.33 bits per heavy atom. The third kappa shape index (κ3) is 6.69. The SMILES string of the molecule is COc1ccc(CN(CC(C)C)C(=O)C2CCCCC2)cc1OS(=O)(=O)c1ccc(F)cc1. The minimum absolute atomic E-state index is 0.0222. The van der Waals surface area contributed by atoms with Gasteiger partial charge in [-0.2, -0.15) is 8.42 Å². The van der Waals surface area contributed by atoms with Crippen LogP contribution in [0.2, 0.25) is 0 Å². The van der Waals surface area contributed by atoms with Crippen LogP contribution in [-0.4, -0.2) is 32.9 Å². The van der Waals surface area contributed by atoms with E-state index in [0.29, 0.717) is 19.0 Å². The van der Waals surface area contributed by atoms with E-state index < -0.39 is 15.9 Å². The Bertz CT molecular complexity index is 1050. The lowest BCUT2D eigenvalue weighted by atomic mass is 9.88. The van der Waals surface area contributed by atoms with Crippen molar-refractivity contribution in [2.75, 3.05) is 13.7 Å². The molecule has 0 bridgehead atoms. The Labute approximate surface area is 195 Å². The maximum Gasteiger partial charge on any atom is 0.339 e. The van der Waals surface area contributed by atoms with Gasteiger partial charge in [-0.05, 0) is 60.7 Å². The van der Waals surface area contributed by atoms with E-state index in [1.165, 1.54) is 13.5 Å². The number of ether oxygens (including phenoxy) is 1. The van der Waals surface area contributed by atoms with Crippen LogP contribution in [0, 0.1) is 17.7 Å². The Kier molecular flexibility index (Phi) is 8.35. The zero-order chi connectivity index (χ0) is 24.0. The van der Waals surface area contributed by atoms with Crippen LogP contribution >= 0.6 is 0 Å². The van der Waals surface area contributed by atoms with Crippen LogP contribution in [0.1, 0.15) is 51.5 Å². The van der Waals surface area contributed by atoms with Crippen molar-refractivity contribution >= 4 is 16.0 Å². The summed E-state index contributed by atoms with van der Waals surface area (Å²) >= 11 is 0. The molecule has 1 aliphatic carbocycles. The second kappa shape index (κ2) is 11.0. The monoisotopic (exact) mass is 477 g/mol. The van der Waals surface area contributed by atoms with Gasteiger partial charge in [-0.25, -0.2) is 4.39 Å². The number of hydrogen-bond acceptors (Lipinski definition) is 5. The molecule has 1 amide bonds. The quantitative estimate of drug-likeness (QED) is 0.466. The third-order valence-corrected chi connectivity index (χ3v) is 7.00. The number of amides is 1. The highest BCUT2D eigenvalue weighted by Crippen LogP contribution is 2.32. The number of halogens is 1. The van der Waals surface area contributed by atoms with Crippen molar-refractivity contribution in [2.24, 2.45) is 11.8 Å². The summed E-state index contributed by atoms with van der Waals surface area (Å²) < 4.78 is 49.3. The van der Waals surface area contributed by atoms with Crippen LogP contribution in [-0.2, 0) is 21.5 Å². The normalized spacial score (nSPS) is 14.8. The van der Waals surface area contributed by atoms with Gasteiger partial charge in [-0.1, -0.05) is 39.2 Å². The number of carbonyl (C=O) groups excluding carboxylic acids is 1. The highest BCUT2D eigenvalue weighted by atomic mass is 32.2. The van der Waals surface area contributed by atoms with Gasteiger partial charge in [0, 0.05) is 19.0 Å². The van der Waals surface area contributed by atoms with E-state index in [2.05, 4.69) is 13.8 Å². The summed E-state index contributed by atoms with van der Waals surface area (Å²) in [6, 6.07) is 9.43. The van der Waals surface area contributed by atoms with Gasteiger partial charge in [0.2, 0.25) is 5.91 Å². The van der Waals surface area contributed by atoms with Gasteiger partial charge in [-0.15, -0.1) is 0 Å². The maximum atomic E-state index is 13.2. The zero-order valence-electron chi connectivity index (χ0n) is 19.4. The van der Waals surface area contributed by atoms with Gasteiger partial charge < -0.3 is 13.8 Å². The summed E-state index contributed by atoms with van der Waals surface area (Å²) in [5.41, 5.74) is 0.741. The van der Waals surface area contributed by atoms with E-state index in [9.17, 15) is 17.6 Å². The van der Waals surface area contributed by atoms with Gasteiger partial charge >= 0.3 is 10.1 Å². The van der Waals surface area contributed by atoms with Gasteiger partial charge in [-0.3, -0.25) is 4.79 Å². The molecule has 180 valence electrons. The van der Waals surface area contributed by atoms with Crippen LogP contribution in [0.5, 0.6) is 11.5 Å². The third-order valence-electron chi connectivity index (χ3n) is 5.75. The van der Waals surface area contributed by atoms with Crippen LogP contribution < -0.4 is 8.92 Å². The predicted octanol–water partition coefficient (Wildman–Crippen LogP) is 5.17. The van der Waals surface area contributed by atoms with E-state index >= 15 is 0 Å². The van der Waals surface area contributed by atoms with E-state index in [0.717, 1.165) is 55.5 Å². The van der Waals surface area contributed by atoms with Crippen LogP contribution in [0.3, 0.4) is 0 Å². The van der Waals surface area contributed by atoms with Crippen molar-refractivity contribution in [3.63, 3.8) is 0 Å². The molecule has 2 aromatic rings. The molecule has 0 spiro atoms. The molecule has 1 saturated carbocycles. The van der Waals surface area contributed by atoms with Crippen molar-refractivity contribution in [2.45, 2.75) is 57.4 Å². The molecule has 6 nitrogen and oxygen atoms in total. The molecular formula is C25H32FNO5S. The van der Waals surface area contributed by atoms with E-state index in [4.69, 9.17) is 8.92 Å². The van der Waals surface area contributed by atoms with Crippen molar-refractivity contribution in [1.29, 1.82) is 0 Å². The fourth-order valence-corrected chi connectivity index (χ4v) is 5.09. The molecule has 0 radical (unpaired) electrons. The molecule has 0 heterocycles. The summed E-state index contributed by atoms with van der Waals surface area (Å²) in [6.07, 6.45) is 5.16. The second-order valence-electron chi connectivity index (χ2n) is 8.92. The average molecular weight is 478 g/mol. The predicted molar refractivity (Wildman–Crippen MR) is 124 cm³/mol. The molecule has 1 aliphatic rings. The van der Waals surface area contributed by atoms with Crippen molar-refractivity contribution in [3.8, 4) is 11.5 Å². The molecule has 1 fully saturated rings. The fourth-order valence-electron chi connectivity index (χ4n) is 4.15. The number of hydrogen-bond donors (Lipinski definition) is 0. The minimum Gasteiger partial charge on any atom is -0.493 e. The van der Waals surface area contributed by atoms with Crippen molar-refractivity contribution in [3.05, 3.63) is 53.8 Å². The number of rotatable bonds is 9. The first-order valence-electron chi connectivity index (χ1n) is 11.4. The van der Waals surface area contributed by atoms with Crippen molar-refractivity contribution in [1.82, 2.24) is 4.90 Å². The van der Waals surface area contributed by atoms with Crippen molar-refractivity contribution < 1.29 is 26.5 Å².